The molecule has 0 spiro atoms. The summed E-state index contributed by atoms with van der Waals surface area (Å²) in [5, 5.41) is 20.7. The van der Waals surface area contributed by atoms with Crippen LogP contribution in [0.25, 0.3) is 5.69 Å². The third kappa shape index (κ3) is 7.12. The molecule has 0 aliphatic rings. The van der Waals surface area contributed by atoms with Crippen LogP contribution in [-0.2, 0) is 14.3 Å². The summed E-state index contributed by atoms with van der Waals surface area (Å²) in [6, 6.07) is 11.5. The summed E-state index contributed by atoms with van der Waals surface area (Å²) in [6.45, 7) is 1.85. The number of nitrogens with one attached hydrogen (secondary N) is 4. The van der Waals surface area contributed by atoms with Crippen LogP contribution in [0.4, 0.5) is 16.2 Å². The highest BCUT2D eigenvalue weighted by Crippen LogP contribution is 2.15. The smallest absolute Gasteiger partial charge is 0.369 e. The number of amides is 3. The van der Waals surface area contributed by atoms with Crippen LogP contribution < -0.4 is 20.8 Å². The zero-order valence-corrected chi connectivity index (χ0v) is 20.4. The predicted octanol–water partition coefficient (Wildman–Crippen LogP) is 3.02. The van der Waals surface area contributed by atoms with Crippen LogP contribution in [0.5, 0.6) is 0 Å². The van der Waals surface area contributed by atoms with Crippen molar-refractivity contribution in [1.82, 2.24) is 15.1 Å². The quantitative estimate of drug-likeness (QED) is 0.320. The van der Waals surface area contributed by atoms with Crippen molar-refractivity contribution in [3.05, 3.63) is 63.4 Å². The van der Waals surface area contributed by atoms with Gasteiger partial charge in [-0.1, -0.05) is 22.9 Å². The van der Waals surface area contributed by atoms with E-state index in [1.807, 2.05) is 0 Å². The lowest BCUT2D eigenvalue weighted by atomic mass is 10.2. The Morgan fingerprint density at radius 2 is 1.71 bits per heavy atom. The number of nitrogens with zero attached hydrogens (tertiary/aromatic N) is 2. The summed E-state index contributed by atoms with van der Waals surface area (Å²) in [4.78, 5) is 36.9. The second-order valence-electron chi connectivity index (χ2n) is 6.99. The molecule has 0 radical (unpaired) electrons. The van der Waals surface area contributed by atoms with Crippen molar-refractivity contribution in [2.24, 2.45) is 0 Å². The second kappa shape index (κ2) is 12.1. The van der Waals surface area contributed by atoms with Crippen LogP contribution in [0, 0.1) is 5.41 Å². The van der Waals surface area contributed by atoms with Gasteiger partial charge in [-0.05, 0) is 55.5 Å². The maximum absolute atomic E-state index is 12.7. The van der Waals surface area contributed by atoms with Gasteiger partial charge in [0.1, 0.15) is 6.04 Å². The first-order valence-corrected chi connectivity index (χ1v) is 11.6. The van der Waals surface area contributed by atoms with Crippen molar-refractivity contribution in [3.63, 3.8) is 0 Å². The normalized spacial score (nSPS) is 11.4. The molecule has 0 fully saturated rings. The number of benzene rings is 2. The maximum atomic E-state index is 12.7. The van der Waals surface area contributed by atoms with Crippen LogP contribution in [0.2, 0.25) is 5.02 Å². The number of carbonyl (C=O) groups excluding carboxylic acids is 3. The molecular weight excluding hydrogens is 496 g/mol. The van der Waals surface area contributed by atoms with Crippen LogP contribution in [-0.4, -0.2) is 54.1 Å². The van der Waals surface area contributed by atoms with Crippen LogP contribution in [0.1, 0.15) is 16.7 Å². The molecule has 1 aromatic heterocycles. The molecule has 0 saturated heterocycles. The van der Waals surface area contributed by atoms with Crippen molar-refractivity contribution >= 4 is 52.2 Å². The molecule has 0 aliphatic heterocycles. The first-order chi connectivity index (χ1) is 16.8. The average Bonchev–Trinajstić information content (AvgIpc) is 3.22. The van der Waals surface area contributed by atoms with Gasteiger partial charge in [0.25, 0.3) is 0 Å². The predicted molar refractivity (Wildman–Crippen MR) is 131 cm³/mol. The molecule has 0 bridgehead atoms. The van der Waals surface area contributed by atoms with Gasteiger partial charge >= 0.3 is 12.0 Å². The first-order valence-electron chi connectivity index (χ1n) is 10.4. The van der Waals surface area contributed by atoms with Crippen LogP contribution in [0.3, 0.4) is 0 Å². The van der Waals surface area contributed by atoms with E-state index >= 15 is 0 Å². The Bertz CT molecular complexity index is 1240. The lowest BCUT2D eigenvalue weighted by Gasteiger charge is -2.18. The summed E-state index contributed by atoms with van der Waals surface area (Å²) >= 11 is 6.74. The van der Waals surface area contributed by atoms with E-state index < -0.39 is 23.9 Å². The minimum atomic E-state index is -0.966. The zero-order chi connectivity index (χ0) is 25.4. The van der Waals surface area contributed by atoms with Gasteiger partial charge in [-0.2, -0.15) is 0 Å². The number of rotatable bonds is 9. The number of hydrogen-bond donors (Lipinski definition) is 4. The Morgan fingerprint density at radius 3 is 2.34 bits per heavy atom. The van der Waals surface area contributed by atoms with Gasteiger partial charge in [-0.3, -0.25) is 10.2 Å². The molecule has 35 heavy (non-hydrogen) atoms. The standard InChI is InChI=1S/C22H23ClN6O5S/c1-3-34-20(31)19-28-29(21(24)35-19)16-10-8-14(9-11-16)25-18(30)17(12-33-2)27-22(32)26-15-6-4-13(23)5-7-15/h4-11,17,24H,3,12H2,1-2H3,(H,25,30)(H2,26,27,32). The van der Waals surface area contributed by atoms with Gasteiger partial charge in [-0.15, -0.1) is 5.10 Å². The van der Waals surface area contributed by atoms with Gasteiger partial charge in [0, 0.05) is 23.5 Å². The number of esters is 1. The number of hydrogen-bond acceptors (Lipinski definition) is 8. The topological polar surface area (TPSA) is 147 Å². The Kier molecular flexibility index (Phi) is 8.95. The average molecular weight is 519 g/mol. The number of ether oxygens (including phenoxy) is 2. The Balaban J connectivity index is 1.64. The lowest BCUT2D eigenvalue weighted by molar-refractivity contribution is -0.119. The summed E-state index contributed by atoms with van der Waals surface area (Å²) in [5.41, 5.74) is 1.49. The summed E-state index contributed by atoms with van der Waals surface area (Å²) in [7, 11) is 1.42. The SMILES string of the molecule is CCOC(=O)c1nn(-c2ccc(NC(=O)C(COC)NC(=O)Nc3ccc(Cl)cc3)cc2)c(=N)s1. The Morgan fingerprint density at radius 1 is 1.09 bits per heavy atom. The van der Waals surface area contributed by atoms with E-state index in [-0.39, 0.29) is 23.0 Å². The molecular formula is C22H23ClN6O5S. The maximum Gasteiger partial charge on any atom is 0.369 e. The first kappa shape index (κ1) is 25.9. The molecule has 11 nitrogen and oxygen atoms in total. The van der Waals surface area contributed by atoms with Gasteiger partial charge in [0.2, 0.25) is 15.7 Å². The number of methoxy groups -OCH3 is 1. The Hall–Kier alpha value is -3.74. The van der Waals surface area contributed by atoms with E-state index in [1.165, 1.54) is 11.8 Å². The van der Waals surface area contributed by atoms with Crippen molar-refractivity contribution in [1.29, 1.82) is 5.41 Å². The fraction of sp³-hybridized carbons (Fsp3) is 0.227. The van der Waals surface area contributed by atoms with E-state index in [9.17, 15) is 14.4 Å². The second-order valence-corrected chi connectivity index (χ2v) is 8.41. The number of anilines is 2. The molecule has 3 rings (SSSR count). The van der Waals surface area contributed by atoms with Crippen LogP contribution >= 0.6 is 22.9 Å². The molecule has 3 aromatic rings. The van der Waals surface area contributed by atoms with E-state index in [1.54, 1.807) is 55.5 Å². The Labute approximate surface area is 209 Å². The molecule has 184 valence electrons. The fourth-order valence-corrected chi connectivity index (χ4v) is 3.67. The van der Waals surface area contributed by atoms with E-state index in [0.717, 1.165) is 11.3 Å². The third-order valence-electron chi connectivity index (χ3n) is 4.46. The largest absolute Gasteiger partial charge is 0.461 e. The van der Waals surface area contributed by atoms with Gasteiger partial charge < -0.3 is 25.4 Å². The number of carbonyl (C=O) groups is 3. The van der Waals surface area contributed by atoms with Crippen molar-refractivity contribution in [2.45, 2.75) is 13.0 Å². The summed E-state index contributed by atoms with van der Waals surface area (Å²) < 4.78 is 11.3. The van der Waals surface area contributed by atoms with Gasteiger partial charge in [0.05, 0.1) is 18.9 Å². The molecule has 1 unspecified atom stereocenters. The zero-order valence-electron chi connectivity index (χ0n) is 18.8. The number of halogens is 1. The van der Waals surface area contributed by atoms with E-state index in [0.29, 0.717) is 22.1 Å². The third-order valence-corrected chi connectivity index (χ3v) is 5.52. The van der Waals surface area contributed by atoms with Gasteiger partial charge in [-0.25, -0.2) is 14.3 Å². The highest BCUT2D eigenvalue weighted by molar-refractivity contribution is 7.10. The monoisotopic (exact) mass is 518 g/mol. The number of aromatic nitrogens is 2. The van der Waals surface area contributed by atoms with E-state index in [4.69, 9.17) is 26.5 Å². The minimum Gasteiger partial charge on any atom is -0.461 e. The summed E-state index contributed by atoms with van der Waals surface area (Å²) in [6.07, 6.45) is 0. The molecule has 1 atom stereocenters. The fourth-order valence-electron chi connectivity index (χ4n) is 2.87. The highest BCUT2D eigenvalue weighted by atomic mass is 35.5. The molecule has 3 amide bonds. The van der Waals surface area contributed by atoms with Gasteiger partial charge in [0.15, 0.2) is 0 Å². The van der Waals surface area contributed by atoms with E-state index in [2.05, 4.69) is 21.0 Å². The van der Waals surface area contributed by atoms with Crippen LogP contribution in [0.15, 0.2) is 48.5 Å². The molecule has 4 N–H and O–H groups in total. The highest BCUT2D eigenvalue weighted by Gasteiger charge is 2.21. The molecule has 0 aliphatic carbocycles. The molecule has 2 aromatic carbocycles. The molecule has 0 saturated carbocycles. The van der Waals surface area contributed by atoms with Crippen molar-refractivity contribution in [3.8, 4) is 5.69 Å². The molecule has 1 heterocycles. The van der Waals surface area contributed by atoms with Crippen molar-refractivity contribution < 1.29 is 23.9 Å². The van der Waals surface area contributed by atoms with Crippen molar-refractivity contribution in [2.75, 3.05) is 31.0 Å². The minimum absolute atomic E-state index is 0.0425. The summed E-state index contributed by atoms with van der Waals surface area (Å²) in [5.74, 6) is -1.08. The number of urea groups is 1. The lowest BCUT2D eigenvalue weighted by Crippen LogP contribution is -2.48. The molecule has 13 heteroatoms.